The summed E-state index contributed by atoms with van der Waals surface area (Å²) in [6.45, 7) is 8.21. The molecular formula is C16H26N2O. The van der Waals surface area contributed by atoms with Crippen LogP contribution in [0.4, 0.5) is 0 Å². The van der Waals surface area contributed by atoms with Gasteiger partial charge in [-0.1, -0.05) is 19.9 Å². The number of hydrogen-bond donors (Lipinski definition) is 1. The number of nitrogens with one attached hydrogen (secondary N) is 1. The third-order valence-corrected chi connectivity index (χ3v) is 4.06. The summed E-state index contributed by atoms with van der Waals surface area (Å²) in [5.74, 6) is 0.493. The first-order chi connectivity index (χ1) is 9.31. The van der Waals surface area contributed by atoms with Gasteiger partial charge in [0.05, 0.1) is 6.10 Å². The zero-order chi connectivity index (χ0) is 13.7. The van der Waals surface area contributed by atoms with Gasteiger partial charge in [-0.3, -0.25) is 4.98 Å². The molecule has 0 radical (unpaired) electrons. The van der Waals surface area contributed by atoms with Gasteiger partial charge >= 0.3 is 0 Å². The maximum absolute atomic E-state index is 5.94. The fourth-order valence-corrected chi connectivity index (χ4v) is 3.25. The van der Waals surface area contributed by atoms with Crippen LogP contribution in [0.2, 0.25) is 0 Å². The van der Waals surface area contributed by atoms with Gasteiger partial charge in [0.2, 0.25) is 0 Å². The van der Waals surface area contributed by atoms with Gasteiger partial charge in [-0.2, -0.15) is 0 Å². The zero-order valence-corrected chi connectivity index (χ0v) is 12.4. The summed E-state index contributed by atoms with van der Waals surface area (Å²) < 4.78 is 5.94. The van der Waals surface area contributed by atoms with Gasteiger partial charge in [0.25, 0.3) is 0 Å². The van der Waals surface area contributed by atoms with E-state index >= 15 is 0 Å². The molecule has 0 saturated carbocycles. The van der Waals surface area contributed by atoms with Crippen molar-refractivity contribution in [3.8, 4) is 0 Å². The third-order valence-electron chi connectivity index (χ3n) is 4.06. The maximum Gasteiger partial charge on any atom is 0.0731 e. The second-order valence-corrected chi connectivity index (χ2v) is 5.18. The van der Waals surface area contributed by atoms with Crippen LogP contribution >= 0.6 is 0 Å². The Bertz CT molecular complexity index is 394. The SMILES string of the molecule is CCNC(C(CC)OCC)C1CCc2cccnc21. The number of aromatic nitrogens is 1. The Morgan fingerprint density at radius 2 is 2.26 bits per heavy atom. The highest BCUT2D eigenvalue weighted by Crippen LogP contribution is 2.35. The maximum atomic E-state index is 5.94. The van der Waals surface area contributed by atoms with Crippen LogP contribution in [0.25, 0.3) is 0 Å². The molecule has 0 amide bonds. The first-order valence-electron chi connectivity index (χ1n) is 7.60. The van der Waals surface area contributed by atoms with E-state index in [1.165, 1.54) is 17.7 Å². The van der Waals surface area contributed by atoms with E-state index in [-0.39, 0.29) is 6.10 Å². The van der Waals surface area contributed by atoms with Gasteiger partial charge in [-0.05, 0) is 44.4 Å². The van der Waals surface area contributed by atoms with E-state index < -0.39 is 0 Å². The summed E-state index contributed by atoms with van der Waals surface area (Å²) in [7, 11) is 0. The average Bonchev–Trinajstić information content (AvgIpc) is 2.86. The lowest BCUT2D eigenvalue weighted by molar-refractivity contribution is 0.0245. The van der Waals surface area contributed by atoms with Gasteiger partial charge < -0.3 is 10.1 Å². The monoisotopic (exact) mass is 262 g/mol. The molecule has 0 spiro atoms. The van der Waals surface area contributed by atoms with E-state index in [4.69, 9.17) is 4.74 Å². The highest BCUT2D eigenvalue weighted by molar-refractivity contribution is 5.30. The molecule has 1 aromatic rings. The molecule has 1 N–H and O–H groups in total. The van der Waals surface area contributed by atoms with Crippen molar-refractivity contribution in [3.05, 3.63) is 29.6 Å². The van der Waals surface area contributed by atoms with Crippen molar-refractivity contribution < 1.29 is 4.74 Å². The smallest absolute Gasteiger partial charge is 0.0731 e. The van der Waals surface area contributed by atoms with Gasteiger partial charge in [-0.15, -0.1) is 0 Å². The van der Waals surface area contributed by atoms with Gasteiger partial charge in [-0.25, -0.2) is 0 Å². The Balaban J connectivity index is 2.20. The van der Waals surface area contributed by atoms with E-state index in [1.807, 2.05) is 12.3 Å². The molecule has 3 unspecified atom stereocenters. The zero-order valence-electron chi connectivity index (χ0n) is 12.4. The van der Waals surface area contributed by atoms with Crippen LogP contribution in [0, 0.1) is 0 Å². The number of pyridine rings is 1. The number of aryl methyl sites for hydroxylation is 1. The lowest BCUT2D eigenvalue weighted by atomic mass is 9.91. The molecule has 0 fully saturated rings. The fourth-order valence-electron chi connectivity index (χ4n) is 3.25. The minimum atomic E-state index is 0.280. The van der Waals surface area contributed by atoms with Crippen LogP contribution in [0.3, 0.4) is 0 Å². The molecule has 3 nitrogen and oxygen atoms in total. The molecule has 1 aliphatic rings. The lowest BCUT2D eigenvalue weighted by Crippen LogP contribution is -2.45. The second-order valence-electron chi connectivity index (χ2n) is 5.18. The number of ether oxygens (including phenoxy) is 1. The summed E-state index contributed by atoms with van der Waals surface area (Å²) in [5, 5.41) is 3.64. The summed E-state index contributed by atoms with van der Waals surface area (Å²) in [5.41, 5.74) is 2.70. The minimum Gasteiger partial charge on any atom is -0.377 e. The van der Waals surface area contributed by atoms with Crippen LogP contribution < -0.4 is 5.32 Å². The standard InChI is InChI=1S/C16H26N2O/c1-4-14(19-6-3)16(17-5-2)13-10-9-12-8-7-11-18-15(12)13/h7-8,11,13-14,16-17H,4-6,9-10H2,1-3H3. The molecule has 2 rings (SSSR count). The topological polar surface area (TPSA) is 34.1 Å². The summed E-state index contributed by atoms with van der Waals surface area (Å²) in [4.78, 5) is 4.63. The lowest BCUT2D eigenvalue weighted by Gasteiger charge is -2.31. The number of fused-ring (bicyclic) bond motifs is 1. The molecule has 1 heterocycles. The molecule has 106 valence electrons. The first-order valence-corrected chi connectivity index (χ1v) is 7.60. The first kappa shape index (κ1) is 14.5. The highest BCUT2D eigenvalue weighted by Gasteiger charge is 2.34. The molecule has 3 atom stereocenters. The third kappa shape index (κ3) is 3.15. The summed E-state index contributed by atoms with van der Waals surface area (Å²) in [6, 6.07) is 4.64. The summed E-state index contributed by atoms with van der Waals surface area (Å²) in [6.07, 6.45) is 5.58. The molecule has 1 aromatic heterocycles. The van der Waals surface area contributed by atoms with Crippen LogP contribution in [0.15, 0.2) is 18.3 Å². The molecule has 0 saturated heterocycles. The predicted molar refractivity (Wildman–Crippen MR) is 78.5 cm³/mol. The van der Waals surface area contributed by atoms with Gasteiger partial charge in [0.15, 0.2) is 0 Å². The van der Waals surface area contributed by atoms with Crippen LogP contribution in [0.1, 0.15) is 50.8 Å². The van der Waals surface area contributed by atoms with Crippen molar-refractivity contribution in [3.63, 3.8) is 0 Å². The quantitative estimate of drug-likeness (QED) is 0.820. The highest BCUT2D eigenvalue weighted by atomic mass is 16.5. The van der Waals surface area contributed by atoms with Gasteiger partial charge in [0.1, 0.15) is 0 Å². The van der Waals surface area contributed by atoms with E-state index in [0.717, 1.165) is 26.0 Å². The van der Waals surface area contributed by atoms with E-state index in [2.05, 4.69) is 37.1 Å². The minimum absolute atomic E-state index is 0.280. The van der Waals surface area contributed by atoms with Crippen LogP contribution in [0.5, 0.6) is 0 Å². The van der Waals surface area contributed by atoms with Crippen molar-refractivity contribution in [2.24, 2.45) is 0 Å². The Kier molecular flexibility index (Phi) is 5.34. The molecule has 0 aliphatic heterocycles. The summed E-state index contributed by atoms with van der Waals surface area (Å²) >= 11 is 0. The van der Waals surface area contributed by atoms with Crippen molar-refractivity contribution >= 4 is 0 Å². The van der Waals surface area contributed by atoms with E-state index in [0.29, 0.717) is 12.0 Å². The number of nitrogens with zero attached hydrogens (tertiary/aromatic N) is 1. The van der Waals surface area contributed by atoms with E-state index in [9.17, 15) is 0 Å². The normalized spacial score (nSPS) is 21.1. The molecule has 1 aliphatic carbocycles. The van der Waals surface area contributed by atoms with Gasteiger partial charge in [0, 0.05) is 30.5 Å². The van der Waals surface area contributed by atoms with Crippen molar-refractivity contribution in [1.29, 1.82) is 0 Å². The van der Waals surface area contributed by atoms with Crippen LogP contribution in [-0.2, 0) is 11.2 Å². The van der Waals surface area contributed by atoms with Crippen LogP contribution in [-0.4, -0.2) is 30.3 Å². The Hall–Kier alpha value is -0.930. The molecule has 3 heteroatoms. The number of likely N-dealkylation sites (N-methyl/N-ethyl adjacent to an activating group) is 1. The molecule has 0 bridgehead atoms. The fraction of sp³-hybridized carbons (Fsp3) is 0.688. The predicted octanol–water partition coefficient (Wildman–Crippen LogP) is 2.90. The Morgan fingerprint density at radius 3 is 2.95 bits per heavy atom. The molecule has 0 aromatic carbocycles. The second kappa shape index (κ2) is 7.01. The van der Waals surface area contributed by atoms with E-state index in [1.54, 1.807) is 0 Å². The Morgan fingerprint density at radius 1 is 1.42 bits per heavy atom. The number of rotatable bonds is 7. The molecule has 19 heavy (non-hydrogen) atoms. The Labute approximate surface area is 116 Å². The number of hydrogen-bond acceptors (Lipinski definition) is 3. The van der Waals surface area contributed by atoms with Crippen molar-refractivity contribution in [2.75, 3.05) is 13.2 Å². The largest absolute Gasteiger partial charge is 0.377 e. The average molecular weight is 262 g/mol. The molecular weight excluding hydrogens is 236 g/mol. The van der Waals surface area contributed by atoms with Crippen molar-refractivity contribution in [2.45, 2.75) is 58.1 Å². The van der Waals surface area contributed by atoms with Crippen molar-refractivity contribution in [1.82, 2.24) is 10.3 Å².